The lowest BCUT2D eigenvalue weighted by atomic mass is 10.1. The Balaban J connectivity index is 1.66. The topological polar surface area (TPSA) is 106 Å². The highest BCUT2D eigenvalue weighted by atomic mass is 16.5. The van der Waals surface area contributed by atoms with Crippen LogP contribution in [0.15, 0.2) is 22.0 Å². The molecule has 1 saturated heterocycles. The third kappa shape index (κ3) is 2.69. The molecule has 20 heavy (non-hydrogen) atoms. The number of aromatic nitrogens is 5. The molecule has 3 heterocycles. The predicted octanol–water partition coefficient (Wildman–Crippen LogP) is -0.599. The Morgan fingerprint density at radius 3 is 3.10 bits per heavy atom. The van der Waals surface area contributed by atoms with E-state index in [1.54, 1.807) is 4.68 Å². The van der Waals surface area contributed by atoms with Gasteiger partial charge in [0.15, 0.2) is 0 Å². The van der Waals surface area contributed by atoms with Crippen LogP contribution in [0.1, 0.15) is 23.6 Å². The van der Waals surface area contributed by atoms with Gasteiger partial charge in [-0.2, -0.15) is 0 Å². The van der Waals surface area contributed by atoms with E-state index in [0.717, 1.165) is 18.7 Å². The highest BCUT2D eigenvalue weighted by Gasteiger charge is 2.20. The Morgan fingerprint density at radius 1 is 1.45 bits per heavy atom. The number of ether oxygens (including phenoxy) is 1. The molecule has 1 aliphatic rings. The summed E-state index contributed by atoms with van der Waals surface area (Å²) in [7, 11) is 0. The molecule has 1 atom stereocenters. The average molecular weight is 277 g/mol. The summed E-state index contributed by atoms with van der Waals surface area (Å²) in [5, 5.41) is 8.19. The predicted molar refractivity (Wildman–Crippen MR) is 69.6 cm³/mol. The molecule has 106 valence electrons. The fourth-order valence-corrected chi connectivity index (χ4v) is 2.24. The average Bonchev–Trinajstić information content (AvgIpc) is 3.08. The number of nitrogens with zero attached hydrogens (tertiary/aromatic N) is 3. The lowest BCUT2D eigenvalue weighted by molar-refractivity contribution is 0.193. The Kier molecular flexibility index (Phi) is 3.46. The molecule has 0 unspecified atom stereocenters. The normalized spacial score (nSPS) is 18.5. The van der Waals surface area contributed by atoms with E-state index in [0.29, 0.717) is 31.1 Å². The summed E-state index contributed by atoms with van der Waals surface area (Å²) in [5.41, 5.74) is 0.588. The van der Waals surface area contributed by atoms with Crippen molar-refractivity contribution in [3.63, 3.8) is 0 Å². The largest absolute Gasteiger partial charge is 0.381 e. The number of hydrogen-bond donors (Lipinski definition) is 2. The summed E-state index contributed by atoms with van der Waals surface area (Å²) >= 11 is 0. The summed E-state index contributed by atoms with van der Waals surface area (Å²) in [6.07, 6.45) is 4.78. The van der Waals surface area contributed by atoms with Crippen molar-refractivity contribution >= 4 is 0 Å². The Bertz CT molecular complexity index is 695. The molecule has 2 aromatic heterocycles. The monoisotopic (exact) mass is 277 g/mol. The minimum atomic E-state index is -0.497. The van der Waals surface area contributed by atoms with E-state index in [4.69, 9.17) is 4.74 Å². The Morgan fingerprint density at radius 2 is 2.35 bits per heavy atom. The zero-order chi connectivity index (χ0) is 13.9. The number of aryl methyl sites for hydroxylation is 2. The SMILES string of the molecule is O=c1[nH]cc(CCn2cc([C@@H]3CCOC3)nn2)c(=O)[nH]1. The van der Waals surface area contributed by atoms with Crippen LogP contribution >= 0.6 is 0 Å². The lowest BCUT2D eigenvalue weighted by Gasteiger charge is -2.01. The maximum Gasteiger partial charge on any atom is 0.325 e. The summed E-state index contributed by atoms with van der Waals surface area (Å²) in [4.78, 5) is 27.1. The van der Waals surface area contributed by atoms with Gasteiger partial charge in [-0.05, 0) is 12.8 Å². The molecule has 0 aliphatic carbocycles. The second kappa shape index (κ2) is 5.41. The van der Waals surface area contributed by atoms with Crippen LogP contribution < -0.4 is 11.2 Å². The molecule has 0 spiro atoms. The highest BCUT2D eigenvalue weighted by Crippen LogP contribution is 2.22. The molecule has 1 aliphatic heterocycles. The van der Waals surface area contributed by atoms with Crippen LogP contribution in [0.2, 0.25) is 0 Å². The minimum Gasteiger partial charge on any atom is -0.381 e. The van der Waals surface area contributed by atoms with Gasteiger partial charge in [0.2, 0.25) is 0 Å². The molecule has 1 fully saturated rings. The fraction of sp³-hybridized carbons (Fsp3) is 0.500. The third-order valence-electron chi connectivity index (χ3n) is 3.41. The molecule has 3 rings (SSSR count). The van der Waals surface area contributed by atoms with Crippen molar-refractivity contribution in [3.05, 3.63) is 44.5 Å². The molecule has 0 bridgehead atoms. The van der Waals surface area contributed by atoms with Crippen molar-refractivity contribution in [2.45, 2.75) is 25.3 Å². The van der Waals surface area contributed by atoms with Crippen molar-refractivity contribution in [2.75, 3.05) is 13.2 Å². The highest BCUT2D eigenvalue weighted by molar-refractivity contribution is 5.05. The zero-order valence-electron chi connectivity index (χ0n) is 10.8. The number of aromatic amines is 2. The smallest absolute Gasteiger partial charge is 0.325 e. The summed E-state index contributed by atoms with van der Waals surface area (Å²) in [5.74, 6) is 0.320. The fourth-order valence-electron chi connectivity index (χ4n) is 2.24. The first-order valence-electron chi connectivity index (χ1n) is 6.51. The molecule has 0 saturated carbocycles. The Hall–Kier alpha value is -2.22. The zero-order valence-corrected chi connectivity index (χ0v) is 10.8. The van der Waals surface area contributed by atoms with Gasteiger partial charge in [0.05, 0.1) is 12.3 Å². The van der Waals surface area contributed by atoms with Gasteiger partial charge in [0, 0.05) is 37.0 Å². The van der Waals surface area contributed by atoms with Gasteiger partial charge in [-0.15, -0.1) is 5.10 Å². The molecule has 8 heteroatoms. The van der Waals surface area contributed by atoms with Crippen LogP contribution in [0.4, 0.5) is 0 Å². The van der Waals surface area contributed by atoms with Crippen LogP contribution in [-0.4, -0.2) is 38.2 Å². The minimum absolute atomic E-state index is 0.320. The van der Waals surface area contributed by atoms with Crippen molar-refractivity contribution in [3.8, 4) is 0 Å². The van der Waals surface area contributed by atoms with E-state index in [9.17, 15) is 9.59 Å². The maximum atomic E-state index is 11.5. The van der Waals surface area contributed by atoms with Crippen molar-refractivity contribution in [1.82, 2.24) is 25.0 Å². The number of hydrogen-bond acceptors (Lipinski definition) is 5. The first-order chi connectivity index (χ1) is 9.72. The first-order valence-corrected chi connectivity index (χ1v) is 6.51. The Labute approximate surface area is 113 Å². The molecule has 2 aromatic rings. The summed E-state index contributed by atoms with van der Waals surface area (Å²) in [6.45, 7) is 2.00. The lowest BCUT2D eigenvalue weighted by Crippen LogP contribution is -2.25. The summed E-state index contributed by atoms with van der Waals surface area (Å²) in [6, 6.07) is 0. The quantitative estimate of drug-likeness (QED) is 0.776. The van der Waals surface area contributed by atoms with E-state index in [2.05, 4.69) is 20.3 Å². The standard InChI is InChI=1S/C12H15N5O3/c18-11-8(5-13-12(19)14-11)1-3-17-6-10(15-16-17)9-2-4-20-7-9/h5-6,9H,1-4,7H2,(H2,13,14,18,19)/t9-/m1/s1. The first kappa shape index (κ1) is 12.8. The number of rotatable bonds is 4. The second-order valence-electron chi connectivity index (χ2n) is 4.81. The van der Waals surface area contributed by atoms with Gasteiger partial charge < -0.3 is 9.72 Å². The summed E-state index contributed by atoms with van der Waals surface area (Å²) < 4.78 is 7.03. The van der Waals surface area contributed by atoms with E-state index >= 15 is 0 Å². The molecular weight excluding hydrogens is 262 g/mol. The third-order valence-corrected chi connectivity index (χ3v) is 3.41. The van der Waals surface area contributed by atoms with Crippen molar-refractivity contribution < 1.29 is 4.74 Å². The van der Waals surface area contributed by atoms with Gasteiger partial charge in [-0.1, -0.05) is 5.21 Å². The van der Waals surface area contributed by atoms with E-state index in [1.165, 1.54) is 6.20 Å². The molecule has 0 radical (unpaired) electrons. The van der Waals surface area contributed by atoms with Crippen LogP contribution in [-0.2, 0) is 17.7 Å². The number of nitrogens with one attached hydrogen (secondary N) is 2. The molecule has 2 N–H and O–H groups in total. The maximum absolute atomic E-state index is 11.5. The van der Waals surface area contributed by atoms with Crippen molar-refractivity contribution in [1.29, 1.82) is 0 Å². The van der Waals surface area contributed by atoms with Crippen LogP contribution in [0, 0.1) is 0 Å². The molecule has 8 nitrogen and oxygen atoms in total. The van der Waals surface area contributed by atoms with E-state index in [1.807, 2.05) is 6.20 Å². The second-order valence-corrected chi connectivity index (χ2v) is 4.81. The van der Waals surface area contributed by atoms with Gasteiger partial charge >= 0.3 is 5.69 Å². The van der Waals surface area contributed by atoms with Gasteiger partial charge in [0.25, 0.3) is 5.56 Å². The van der Waals surface area contributed by atoms with Gasteiger partial charge in [-0.25, -0.2) is 4.79 Å². The van der Waals surface area contributed by atoms with Crippen LogP contribution in [0.5, 0.6) is 0 Å². The van der Waals surface area contributed by atoms with Gasteiger partial charge in [0.1, 0.15) is 0 Å². The van der Waals surface area contributed by atoms with Gasteiger partial charge in [-0.3, -0.25) is 14.5 Å². The van der Waals surface area contributed by atoms with E-state index < -0.39 is 5.69 Å². The van der Waals surface area contributed by atoms with Crippen LogP contribution in [0.25, 0.3) is 0 Å². The number of H-pyrrole nitrogens is 2. The van der Waals surface area contributed by atoms with E-state index in [-0.39, 0.29) is 5.56 Å². The van der Waals surface area contributed by atoms with Crippen molar-refractivity contribution in [2.24, 2.45) is 0 Å². The van der Waals surface area contributed by atoms with Crippen LogP contribution in [0.3, 0.4) is 0 Å². The molecule has 0 amide bonds. The molecule has 0 aromatic carbocycles. The molecular formula is C12H15N5O3.